The predicted octanol–water partition coefficient (Wildman–Crippen LogP) is 1.19. The Hall–Kier alpha value is -1.83. The van der Waals surface area contributed by atoms with Gasteiger partial charge in [-0.1, -0.05) is 18.7 Å². The largest absolute Gasteiger partial charge is 0.481 e. The van der Waals surface area contributed by atoms with Crippen molar-refractivity contribution >= 4 is 17.7 Å². The third-order valence-corrected chi connectivity index (χ3v) is 3.63. The van der Waals surface area contributed by atoms with Gasteiger partial charge in [-0.25, -0.2) is 0 Å². The zero-order valence-electron chi connectivity index (χ0n) is 11.5. The highest BCUT2D eigenvalue weighted by Crippen LogP contribution is 2.19. The number of aliphatic carboxylic acids is 1. The summed E-state index contributed by atoms with van der Waals surface area (Å²) in [4.78, 5) is 10.7. The first-order valence-corrected chi connectivity index (χ1v) is 7.34. The first-order valence-electron chi connectivity index (χ1n) is 6.35. The molecule has 2 rings (SSSR count). The van der Waals surface area contributed by atoms with Crippen LogP contribution in [0.4, 0.5) is 0 Å². The Morgan fingerprint density at radius 2 is 2.25 bits per heavy atom. The van der Waals surface area contributed by atoms with E-state index in [2.05, 4.69) is 22.2 Å². The van der Waals surface area contributed by atoms with Crippen LogP contribution in [-0.2, 0) is 24.8 Å². The molecule has 20 heavy (non-hydrogen) atoms. The summed E-state index contributed by atoms with van der Waals surface area (Å²) < 4.78 is 3.68. The molecular weight excluding hydrogens is 278 g/mol. The molecular formula is C12H17N5O2S. The molecule has 8 heteroatoms. The van der Waals surface area contributed by atoms with Gasteiger partial charge in [-0.3, -0.25) is 14.0 Å². The number of rotatable bonds is 7. The zero-order chi connectivity index (χ0) is 14.5. The van der Waals surface area contributed by atoms with Crippen LogP contribution in [0.15, 0.2) is 17.4 Å². The van der Waals surface area contributed by atoms with Crippen LogP contribution in [0.5, 0.6) is 0 Å². The van der Waals surface area contributed by atoms with E-state index in [1.807, 2.05) is 23.9 Å². The number of carbonyl (C=O) groups is 1. The quantitative estimate of drug-likeness (QED) is 0.772. The fourth-order valence-electron chi connectivity index (χ4n) is 1.83. The summed E-state index contributed by atoms with van der Waals surface area (Å²) >= 11 is 1.18. The van der Waals surface area contributed by atoms with Crippen LogP contribution in [0.2, 0.25) is 0 Å². The molecule has 0 unspecified atom stereocenters. The highest BCUT2D eigenvalue weighted by atomic mass is 32.2. The van der Waals surface area contributed by atoms with Gasteiger partial charge < -0.3 is 5.11 Å². The number of carboxylic acids is 1. The van der Waals surface area contributed by atoms with Crippen LogP contribution in [0.25, 0.3) is 0 Å². The number of nitrogens with zero attached hydrogens (tertiary/aromatic N) is 5. The van der Waals surface area contributed by atoms with Crippen molar-refractivity contribution in [1.29, 1.82) is 0 Å². The Kier molecular flexibility index (Phi) is 4.78. The number of aromatic nitrogens is 5. The summed E-state index contributed by atoms with van der Waals surface area (Å²) in [6.07, 6.45) is 3.65. The van der Waals surface area contributed by atoms with Gasteiger partial charge in [0.15, 0.2) is 5.16 Å². The fourth-order valence-corrected chi connectivity index (χ4v) is 2.51. The van der Waals surface area contributed by atoms with Crippen molar-refractivity contribution in [2.75, 3.05) is 5.75 Å². The molecule has 0 amide bonds. The Morgan fingerprint density at radius 3 is 2.85 bits per heavy atom. The van der Waals surface area contributed by atoms with Gasteiger partial charge in [-0.15, -0.1) is 10.2 Å². The minimum atomic E-state index is -0.862. The van der Waals surface area contributed by atoms with E-state index in [4.69, 9.17) is 5.11 Å². The van der Waals surface area contributed by atoms with E-state index in [1.54, 1.807) is 4.68 Å². The minimum absolute atomic E-state index is 0.0214. The summed E-state index contributed by atoms with van der Waals surface area (Å²) in [6.45, 7) is 2.63. The number of thioether (sulfide) groups is 1. The van der Waals surface area contributed by atoms with Crippen LogP contribution in [0.3, 0.4) is 0 Å². The second-order valence-corrected chi connectivity index (χ2v) is 5.34. The molecule has 2 aromatic heterocycles. The molecule has 0 saturated carbocycles. The fraction of sp³-hybridized carbons (Fsp3) is 0.500. The molecule has 108 valence electrons. The van der Waals surface area contributed by atoms with E-state index in [0.29, 0.717) is 11.7 Å². The molecule has 0 atom stereocenters. The smallest absolute Gasteiger partial charge is 0.313 e. The number of aryl methyl sites for hydroxylation is 2. The normalized spacial score (nSPS) is 10.9. The molecule has 0 saturated heterocycles. The van der Waals surface area contributed by atoms with Crippen molar-refractivity contribution in [3.8, 4) is 0 Å². The van der Waals surface area contributed by atoms with Gasteiger partial charge in [0.2, 0.25) is 0 Å². The SMILES string of the molecule is CCCc1nnc(SCC(=O)O)n1Cc1ccn(C)n1. The van der Waals surface area contributed by atoms with E-state index in [0.717, 1.165) is 24.4 Å². The number of hydrogen-bond acceptors (Lipinski definition) is 5. The molecule has 0 aliphatic heterocycles. The van der Waals surface area contributed by atoms with Crippen LogP contribution >= 0.6 is 11.8 Å². The lowest BCUT2D eigenvalue weighted by Crippen LogP contribution is -2.09. The van der Waals surface area contributed by atoms with Gasteiger partial charge in [0.05, 0.1) is 18.0 Å². The van der Waals surface area contributed by atoms with Crippen molar-refractivity contribution < 1.29 is 9.90 Å². The van der Waals surface area contributed by atoms with Crippen LogP contribution in [-0.4, -0.2) is 41.4 Å². The second-order valence-electron chi connectivity index (χ2n) is 4.40. The lowest BCUT2D eigenvalue weighted by molar-refractivity contribution is -0.133. The van der Waals surface area contributed by atoms with E-state index in [-0.39, 0.29) is 5.75 Å². The first-order chi connectivity index (χ1) is 9.60. The maximum absolute atomic E-state index is 10.7. The van der Waals surface area contributed by atoms with Crippen molar-refractivity contribution in [3.63, 3.8) is 0 Å². The van der Waals surface area contributed by atoms with Crippen LogP contribution in [0.1, 0.15) is 24.9 Å². The van der Waals surface area contributed by atoms with Gasteiger partial charge in [0.1, 0.15) is 5.82 Å². The molecule has 2 heterocycles. The summed E-state index contributed by atoms with van der Waals surface area (Å²) in [7, 11) is 1.86. The highest BCUT2D eigenvalue weighted by Gasteiger charge is 2.14. The van der Waals surface area contributed by atoms with Gasteiger partial charge in [-0.05, 0) is 12.5 Å². The van der Waals surface area contributed by atoms with Crippen LogP contribution < -0.4 is 0 Å². The topological polar surface area (TPSA) is 85.8 Å². The maximum Gasteiger partial charge on any atom is 0.313 e. The predicted molar refractivity (Wildman–Crippen MR) is 74.7 cm³/mol. The Bertz CT molecular complexity index is 592. The maximum atomic E-state index is 10.7. The van der Waals surface area contributed by atoms with Crippen molar-refractivity contribution in [2.24, 2.45) is 7.05 Å². The van der Waals surface area contributed by atoms with Gasteiger partial charge in [-0.2, -0.15) is 5.10 Å². The van der Waals surface area contributed by atoms with Crippen molar-refractivity contribution in [2.45, 2.75) is 31.5 Å². The molecule has 0 fully saturated rings. The summed E-state index contributed by atoms with van der Waals surface area (Å²) in [5.74, 6) is -0.0163. The van der Waals surface area contributed by atoms with Crippen LogP contribution in [0, 0.1) is 0 Å². The van der Waals surface area contributed by atoms with Gasteiger partial charge in [0, 0.05) is 19.7 Å². The zero-order valence-corrected chi connectivity index (χ0v) is 12.3. The highest BCUT2D eigenvalue weighted by molar-refractivity contribution is 7.99. The van der Waals surface area contributed by atoms with E-state index in [1.165, 1.54) is 11.8 Å². The van der Waals surface area contributed by atoms with E-state index < -0.39 is 5.97 Å². The standard InChI is InChI=1S/C12H17N5O2S/c1-3-4-10-13-14-12(20-8-11(18)19)17(10)7-9-5-6-16(2)15-9/h5-6H,3-4,7-8H2,1-2H3,(H,18,19). The lowest BCUT2D eigenvalue weighted by Gasteiger charge is -2.07. The molecule has 0 aliphatic rings. The molecule has 0 bridgehead atoms. The third-order valence-electron chi connectivity index (χ3n) is 2.68. The monoisotopic (exact) mass is 295 g/mol. The third kappa shape index (κ3) is 3.60. The summed E-state index contributed by atoms with van der Waals surface area (Å²) in [5.41, 5.74) is 0.904. The Balaban J connectivity index is 2.21. The number of hydrogen-bond donors (Lipinski definition) is 1. The average Bonchev–Trinajstić information content (AvgIpc) is 2.96. The molecule has 0 radical (unpaired) electrons. The lowest BCUT2D eigenvalue weighted by atomic mass is 10.3. The first kappa shape index (κ1) is 14.6. The van der Waals surface area contributed by atoms with Crippen molar-refractivity contribution in [3.05, 3.63) is 23.8 Å². The van der Waals surface area contributed by atoms with E-state index in [9.17, 15) is 4.79 Å². The second kappa shape index (κ2) is 6.56. The molecule has 0 aromatic carbocycles. The summed E-state index contributed by atoms with van der Waals surface area (Å²) in [6, 6.07) is 1.93. The molecule has 7 nitrogen and oxygen atoms in total. The number of carboxylic acid groups (broad SMARTS) is 1. The summed E-state index contributed by atoms with van der Waals surface area (Å²) in [5, 5.41) is 22.0. The van der Waals surface area contributed by atoms with Gasteiger partial charge in [0.25, 0.3) is 0 Å². The molecule has 2 aromatic rings. The average molecular weight is 295 g/mol. The minimum Gasteiger partial charge on any atom is -0.481 e. The van der Waals surface area contributed by atoms with E-state index >= 15 is 0 Å². The van der Waals surface area contributed by atoms with Crippen molar-refractivity contribution in [1.82, 2.24) is 24.5 Å². The molecule has 1 N–H and O–H groups in total. The molecule has 0 spiro atoms. The van der Waals surface area contributed by atoms with Gasteiger partial charge >= 0.3 is 5.97 Å². The molecule has 0 aliphatic carbocycles. The Labute approximate surface area is 121 Å². The Morgan fingerprint density at radius 1 is 1.45 bits per heavy atom.